The zero-order chi connectivity index (χ0) is 36.8. The van der Waals surface area contributed by atoms with Crippen molar-refractivity contribution < 1.29 is 81.4 Å². The molecule has 2 fully saturated rings. The maximum absolute atomic E-state index is 11.8. The molecule has 6 rings (SSSR count). The van der Waals surface area contributed by atoms with Gasteiger partial charge in [-0.25, -0.2) is 43.6 Å². The van der Waals surface area contributed by atoms with Gasteiger partial charge in [0.15, 0.2) is 35.4 Å². The van der Waals surface area contributed by atoms with E-state index in [1.54, 1.807) is 0 Å². The number of hydrogen-bond donors (Lipinski definition) is 11. The normalized spacial score (nSPS) is 29.5. The minimum Gasteiger partial charge on any atom is -0.394 e. The van der Waals surface area contributed by atoms with E-state index in [9.17, 15) is 39.0 Å². The zero-order valence-electron chi connectivity index (χ0n) is 24.7. The Hall–Kier alpha value is -3.17. The van der Waals surface area contributed by atoms with Crippen LogP contribution in [0, 0.1) is 0 Å². The van der Waals surface area contributed by atoms with Crippen LogP contribution in [0.2, 0.25) is 0 Å². The number of phosphoric acid groups is 3. The molecule has 4 aromatic rings. The fraction of sp³-hybridized carbons (Fsp3) is 0.500. The molecule has 2 aliphatic rings. The van der Waals surface area contributed by atoms with Gasteiger partial charge in [0.1, 0.15) is 60.3 Å². The van der Waals surface area contributed by atoms with E-state index >= 15 is 0 Å². The summed E-state index contributed by atoms with van der Waals surface area (Å²) in [7, 11) is -16.7. The molecule has 50 heavy (non-hydrogen) atoms. The number of fused-ring (bicyclic) bond motifs is 2. The second kappa shape index (κ2) is 14.5. The topological polar surface area (TPSA) is 419 Å². The summed E-state index contributed by atoms with van der Waals surface area (Å²) in [5.41, 5.74) is 12.4. The van der Waals surface area contributed by atoms with Gasteiger partial charge in [-0.15, -0.1) is 0 Å². The lowest BCUT2D eigenvalue weighted by Crippen LogP contribution is -2.33. The Kier molecular flexibility index (Phi) is 11.0. The third-order valence-corrected chi connectivity index (χ3v) is 10.8. The van der Waals surface area contributed by atoms with E-state index in [0.717, 1.165) is 6.33 Å². The molecule has 2 saturated heterocycles. The number of aromatic nitrogens is 8. The van der Waals surface area contributed by atoms with E-state index in [-0.39, 0.29) is 22.8 Å². The predicted octanol–water partition coefficient (Wildman–Crippen LogP) is -3.61. The summed E-state index contributed by atoms with van der Waals surface area (Å²) in [6.45, 7) is -1.35. The molecule has 0 aromatic carbocycles. The molecule has 10 atom stereocenters. The highest BCUT2D eigenvalue weighted by Gasteiger charge is 2.47. The fourth-order valence-corrected chi connectivity index (χ4v) is 7.82. The van der Waals surface area contributed by atoms with Crippen molar-refractivity contribution in [3.63, 3.8) is 0 Å². The quantitative estimate of drug-likeness (QED) is 0.0693. The second-order valence-corrected chi connectivity index (χ2v) is 14.7. The van der Waals surface area contributed by atoms with Gasteiger partial charge in [0.05, 0.1) is 25.9 Å². The van der Waals surface area contributed by atoms with Gasteiger partial charge in [-0.2, -0.15) is 8.62 Å². The number of aliphatic hydroxyl groups is 5. The molecule has 30 heteroatoms. The average molecular weight is 774 g/mol. The highest BCUT2D eigenvalue weighted by molar-refractivity contribution is 7.66. The Morgan fingerprint density at radius 3 is 1.58 bits per heavy atom. The van der Waals surface area contributed by atoms with Crippen molar-refractivity contribution in [3.8, 4) is 0 Å². The lowest BCUT2D eigenvalue weighted by atomic mass is 10.1. The number of ether oxygens (including phenoxy) is 2. The van der Waals surface area contributed by atoms with E-state index in [1.807, 2.05) is 0 Å². The van der Waals surface area contributed by atoms with E-state index in [4.69, 9.17) is 40.7 Å². The smallest absolute Gasteiger partial charge is 0.394 e. The lowest BCUT2D eigenvalue weighted by molar-refractivity contribution is -0.0511. The van der Waals surface area contributed by atoms with E-state index in [0.29, 0.717) is 11.2 Å². The van der Waals surface area contributed by atoms with Crippen molar-refractivity contribution in [3.05, 3.63) is 25.3 Å². The van der Waals surface area contributed by atoms with Gasteiger partial charge < -0.3 is 66.0 Å². The molecule has 0 spiro atoms. The van der Waals surface area contributed by atoms with Gasteiger partial charge in [-0.05, 0) is 0 Å². The van der Waals surface area contributed by atoms with Crippen LogP contribution in [0.3, 0.4) is 0 Å². The fourth-order valence-electron chi connectivity index (χ4n) is 4.79. The average Bonchev–Trinajstić information content (AvgIpc) is 3.77. The number of phosphoric ester groups is 1. The molecular formula is C20H29N10O17P3. The maximum atomic E-state index is 11.8. The molecule has 13 N–H and O–H groups in total. The molecule has 0 radical (unpaired) electrons. The van der Waals surface area contributed by atoms with Crippen molar-refractivity contribution in [1.29, 1.82) is 0 Å². The summed E-state index contributed by atoms with van der Waals surface area (Å²) in [5.74, 6) is 0.261. The van der Waals surface area contributed by atoms with Crippen molar-refractivity contribution in [2.24, 2.45) is 0 Å². The molecule has 0 aliphatic carbocycles. The van der Waals surface area contributed by atoms with Gasteiger partial charge in [0.25, 0.3) is 0 Å². The number of nitrogen functional groups attached to an aromatic ring is 2. The summed E-state index contributed by atoms with van der Waals surface area (Å²) >= 11 is 0. The van der Waals surface area contributed by atoms with Crippen molar-refractivity contribution in [2.45, 2.75) is 49.1 Å². The van der Waals surface area contributed by atoms with E-state index in [1.165, 1.54) is 28.1 Å². The first-order chi connectivity index (χ1) is 23.3. The minimum atomic E-state index is -5.70. The highest BCUT2D eigenvalue weighted by Crippen LogP contribution is 2.66. The molecule has 0 saturated carbocycles. The van der Waals surface area contributed by atoms with E-state index < -0.39 is 85.8 Å². The number of nitrogens with two attached hydrogens (primary N) is 2. The number of rotatable bonds is 10. The van der Waals surface area contributed by atoms with Crippen LogP contribution < -0.4 is 11.5 Å². The molecule has 4 aromatic heterocycles. The highest BCUT2D eigenvalue weighted by atomic mass is 31.3. The number of nitrogens with zero attached hydrogens (tertiary/aromatic N) is 8. The number of hydrogen-bond acceptors (Lipinski definition) is 21. The SMILES string of the molecule is Nc1ncnc2c1ncn2[C@@H]1O[C@H](CO)[C@@H](O)[C@H]1O.Nc1ncnc2c1ncn2[C@@H]1O[C@H](COP(=O)(O)OP(=O)(O)OP(=O)(O)O)[C@@H](O)[C@H]1O. The Morgan fingerprint density at radius 2 is 1.14 bits per heavy atom. The van der Waals surface area contributed by atoms with Gasteiger partial charge in [-0.1, -0.05) is 0 Å². The van der Waals surface area contributed by atoms with Crippen LogP contribution in [-0.2, 0) is 36.3 Å². The monoisotopic (exact) mass is 774 g/mol. The second-order valence-electron chi connectivity index (χ2n) is 10.3. The summed E-state index contributed by atoms with van der Waals surface area (Å²) in [4.78, 5) is 59.1. The van der Waals surface area contributed by atoms with Crippen LogP contribution in [0.25, 0.3) is 22.3 Å². The summed E-state index contributed by atoms with van der Waals surface area (Å²) in [5, 5.41) is 49.1. The van der Waals surface area contributed by atoms with Crippen LogP contribution in [-0.4, -0.2) is 134 Å². The summed E-state index contributed by atoms with van der Waals surface area (Å²) in [6.07, 6.45) is -5.11. The third-order valence-electron chi connectivity index (χ3n) is 6.99. The summed E-state index contributed by atoms with van der Waals surface area (Å²) < 4.78 is 58.7. The molecule has 27 nitrogen and oxygen atoms in total. The lowest BCUT2D eigenvalue weighted by Gasteiger charge is -2.19. The van der Waals surface area contributed by atoms with Gasteiger partial charge >= 0.3 is 23.5 Å². The van der Waals surface area contributed by atoms with Crippen molar-refractivity contribution in [1.82, 2.24) is 39.0 Å². The first-order valence-electron chi connectivity index (χ1n) is 13.6. The third kappa shape index (κ3) is 8.14. The molecule has 0 amide bonds. The minimum absolute atomic E-state index is 0.0426. The Morgan fingerprint density at radius 1 is 0.680 bits per heavy atom. The van der Waals surface area contributed by atoms with E-state index in [2.05, 4.69) is 43.0 Å². The summed E-state index contributed by atoms with van der Waals surface area (Å²) in [6, 6.07) is 0. The standard InChI is InChI=1S/C10H16N5O13P3.C10H13N5O4/c11-8-5-9(13-2-12-8)15(3-14-5)10-7(17)6(16)4(26-10)1-25-30(21,22)28-31(23,24)27-29(18,19)20;11-8-5-9(13-2-12-8)15(3-14-5)10-7(18)6(17)4(1-16)19-10/h2-4,6-7,10,16-17H,1H2,(H,21,22)(H,23,24)(H2,11,12,13)(H2,18,19,20);2-4,6-7,10,16-18H,1H2,(H2,11,12,13)/t2*4-,6-,7-,10-/m11/s1. The van der Waals surface area contributed by atoms with Gasteiger partial charge in [0, 0.05) is 0 Å². The first-order valence-corrected chi connectivity index (χ1v) is 18.1. The van der Waals surface area contributed by atoms with Crippen LogP contribution in [0.4, 0.5) is 11.6 Å². The Balaban J connectivity index is 0.000000217. The molecule has 276 valence electrons. The number of imidazole rings is 2. The molecular weight excluding hydrogens is 745 g/mol. The molecule has 0 bridgehead atoms. The molecule has 2 unspecified atom stereocenters. The van der Waals surface area contributed by atoms with Crippen molar-refractivity contribution >= 4 is 57.4 Å². The number of aliphatic hydroxyl groups excluding tert-OH is 5. The molecule has 6 heterocycles. The first kappa shape index (κ1) is 38.1. The van der Waals surface area contributed by atoms with Crippen LogP contribution in [0.1, 0.15) is 12.5 Å². The van der Waals surface area contributed by atoms with Crippen molar-refractivity contribution in [2.75, 3.05) is 24.7 Å². The number of anilines is 2. The Labute approximate surface area is 277 Å². The largest absolute Gasteiger partial charge is 0.490 e. The van der Waals surface area contributed by atoms with Crippen LogP contribution in [0.5, 0.6) is 0 Å². The zero-order valence-corrected chi connectivity index (χ0v) is 27.4. The Bertz CT molecular complexity index is 1980. The van der Waals surface area contributed by atoms with Gasteiger partial charge in [0.2, 0.25) is 0 Å². The maximum Gasteiger partial charge on any atom is 0.490 e. The predicted molar refractivity (Wildman–Crippen MR) is 158 cm³/mol. The van der Waals surface area contributed by atoms with Gasteiger partial charge in [-0.3, -0.25) is 13.7 Å². The van der Waals surface area contributed by atoms with Crippen LogP contribution in [0.15, 0.2) is 25.3 Å². The molecule has 2 aliphatic heterocycles. The van der Waals surface area contributed by atoms with Crippen LogP contribution >= 0.6 is 23.5 Å².